The predicted octanol–water partition coefficient (Wildman–Crippen LogP) is -3.82. The van der Waals surface area contributed by atoms with Gasteiger partial charge in [0.05, 0.1) is 13.2 Å². The van der Waals surface area contributed by atoms with Crippen LogP contribution in [0.3, 0.4) is 0 Å². The molecular formula is C26H37B6FN4O4. The molecule has 4 rings (SSSR count). The number of nitrogens with one attached hydrogen (secondary N) is 2. The van der Waals surface area contributed by atoms with E-state index >= 15 is 0 Å². The summed E-state index contributed by atoms with van der Waals surface area (Å²) in [5.74, 6) is -0.922. The van der Waals surface area contributed by atoms with E-state index in [0.717, 1.165) is 37.0 Å². The number of carbonyl (C=O) groups excluding carboxylic acids is 3. The fourth-order valence-electron chi connectivity index (χ4n) is 5.96. The second-order valence-electron chi connectivity index (χ2n) is 12.7. The van der Waals surface area contributed by atoms with Crippen molar-refractivity contribution in [3.63, 3.8) is 0 Å². The second kappa shape index (κ2) is 11.8. The smallest absolute Gasteiger partial charge is 0.254 e. The molecule has 0 spiro atoms. The molecule has 15 heteroatoms. The highest BCUT2D eigenvalue weighted by molar-refractivity contribution is 6.60. The van der Waals surface area contributed by atoms with Crippen LogP contribution in [-0.2, 0) is 32.8 Å². The predicted molar refractivity (Wildman–Crippen MR) is 175 cm³/mol. The molecule has 0 aromatic heterocycles. The molecule has 0 saturated carbocycles. The summed E-state index contributed by atoms with van der Waals surface area (Å²) in [7, 11) is 12.6. The van der Waals surface area contributed by atoms with Crippen LogP contribution in [0.4, 0.5) is 10.1 Å². The Bertz CT molecular complexity index is 1340. The van der Waals surface area contributed by atoms with Gasteiger partial charge in [0.25, 0.3) is 5.91 Å². The Morgan fingerprint density at radius 1 is 1.17 bits per heavy atom. The summed E-state index contributed by atoms with van der Waals surface area (Å²) in [4.78, 5) is 43.4. The van der Waals surface area contributed by atoms with E-state index in [4.69, 9.17) is 4.74 Å². The lowest BCUT2D eigenvalue weighted by molar-refractivity contribution is -0.126. The largest absolute Gasteiger partial charge is 0.381 e. The van der Waals surface area contributed by atoms with Crippen molar-refractivity contribution in [1.82, 2.24) is 15.1 Å². The van der Waals surface area contributed by atoms with E-state index in [2.05, 4.69) is 15.5 Å². The van der Waals surface area contributed by atoms with Gasteiger partial charge >= 0.3 is 0 Å². The first-order valence-electron chi connectivity index (χ1n) is 14.2. The fourth-order valence-corrected chi connectivity index (χ4v) is 5.96. The van der Waals surface area contributed by atoms with Crippen molar-refractivity contribution in [3.8, 4) is 0 Å². The highest BCUT2D eigenvalue weighted by Crippen LogP contribution is 2.50. The molecule has 2 amide bonds. The summed E-state index contributed by atoms with van der Waals surface area (Å²) in [6, 6.07) is 9.70. The Morgan fingerprint density at radius 3 is 2.49 bits per heavy atom. The molecule has 41 heavy (non-hydrogen) atoms. The standard InChI is InChI=1S/C26H37B6FN4O4/c1-34-22(39)21(25(29,30)24(27,28)14-38)37-23(40)17-3-2-4-19(20(17)26(37,31)32)35-12-16-11-15(5-6-18(16)33)13-36-7-9-41-10-8-36/h2-6,11,14,21,35H,7-10,12-13,27-32H2,1H3,(H,34,39). The quantitative estimate of drug-likeness (QED) is 0.232. The van der Waals surface area contributed by atoms with E-state index in [1.165, 1.54) is 13.1 Å². The molecular weight excluding hydrogens is 516 g/mol. The number of morpholine rings is 1. The first-order chi connectivity index (χ1) is 19.3. The first kappa shape index (κ1) is 31.0. The summed E-state index contributed by atoms with van der Waals surface area (Å²) in [5.41, 5.74) is 3.48. The molecule has 2 aliphatic rings. The molecule has 2 aliphatic heterocycles. The zero-order chi connectivity index (χ0) is 30.2. The van der Waals surface area contributed by atoms with E-state index in [1.807, 2.05) is 49.6 Å². The third-order valence-electron chi connectivity index (χ3n) is 9.21. The van der Waals surface area contributed by atoms with Crippen LogP contribution < -0.4 is 10.6 Å². The molecule has 2 N–H and O–H groups in total. The van der Waals surface area contributed by atoms with Gasteiger partial charge in [-0.25, -0.2) is 4.39 Å². The van der Waals surface area contributed by atoms with Crippen LogP contribution in [0.1, 0.15) is 27.0 Å². The Labute approximate surface area is 247 Å². The SMILES string of the molecule is BC1(B)c2c(NCc3cc(CN4CCOCC4)ccc3F)cccc2C(=O)N1C(C(=O)NC)C(B)(B)C(B)(B)C=O. The normalized spacial score (nSPS) is 18.0. The number of amides is 2. The summed E-state index contributed by atoms with van der Waals surface area (Å²) in [6.07, 6.45) is 0.846. The maximum absolute atomic E-state index is 14.9. The average Bonchev–Trinajstić information content (AvgIpc) is 3.14. The van der Waals surface area contributed by atoms with Crippen molar-refractivity contribution in [2.75, 3.05) is 38.7 Å². The molecule has 0 aliphatic carbocycles. The van der Waals surface area contributed by atoms with Gasteiger partial charge in [-0.3, -0.25) is 14.5 Å². The summed E-state index contributed by atoms with van der Waals surface area (Å²) in [6.45, 7) is 4.04. The van der Waals surface area contributed by atoms with Gasteiger partial charge in [0.1, 0.15) is 65.2 Å². The van der Waals surface area contributed by atoms with Gasteiger partial charge in [-0.05, 0) is 40.6 Å². The third-order valence-corrected chi connectivity index (χ3v) is 9.21. The van der Waals surface area contributed by atoms with Crippen molar-refractivity contribution in [2.45, 2.75) is 34.9 Å². The number of fused-ring (bicyclic) bond motifs is 1. The number of aldehydes is 1. The Kier molecular flexibility index (Phi) is 8.90. The third kappa shape index (κ3) is 5.75. The zero-order valence-corrected chi connectivity index (χ0v) is 25.3. The van der Waals surface area contributed by atoms with Crippen LogP contribution in [-0.4, -0.2) is 114 Å². The molecule has 0 bridgehead atoms. The molecule has 1 atom stereocenters. The second-order valence-corrected chi connectivity index (χ2v) is 12.7. The number of nitrogens with zero attached hydrogens (tertiary/aromatic N) is 2. The molecule has 210 valence electrons. The molecule has 1 saturated heterocycles. The Balaban J connectivity index is 1.65. The number of ether oxygens (including phenoxy) is 1. The molecule has 1 fully saturated rings. The first-order valence-corrected chi connectivity index (χ1v) is 14.2. The zero-order valence-electron chi connectivity index (χ0n) is 25.3. The van der Waals surface area contributed by atoms with Crippen molar-refractivity contribution in [3.05, 3.63) is 64.5 Å². The number of rotatable bonds is 10. The highest BCUT2D eigenvalue weighted by Gasteiger charge is 2.56. The number of halogens is 1. The minimum absolute atomic E-state index is 0.228. The summed E-state index contributed by atoms with van der Waals surface area (Å²) < 4.78 is 20.3. The topological polar surface area (TPSA) is 91.0 Å². The Hall–Kier alpha value is -2.91. The maximum atomic E-state index is 14.9. The average molecular weight is 553 g/mol. The van der Waals surface area contributed by atoms with Crippen LogP contribution in [0.15, 0.2) is 36.4 Å². The van der Waals surface area contributed by atoms with Gasteiger partial charge in [0, 0.05) is 55.4 Å². The van der Waals surface area contributed by atoms with Crippen LogP contribution in [0, 0.1) is 5.82 Å². The lowest BCUT2D eigenvalue weighted by Crippen LogP contribution is -2.63. The summed E-state index contributed by atoms with van der Waals surface area (Å²) >= 11 is 0. The molecule has 2 aromatic carbocycles. The summed E-state index contributed by atoms with van der Waals surface area (Å²) in [5, 5.41) is 3.39. The van der Waals surface area contributed by atoms with Gasteiger partial charge in [-0.2, -0.15) is 0 Å². The van der Waals surface area contributed by atoms with E-state index < -0.39 is 21.8 Å². The van der Waals surface area contributed by atoms with Crippen molar-refractivity contribution < 1.29 is 23.5 Å². The van der Waals surface area contributed by atoms with E-state index in [-0.39, 0.29) is 24.2 Å². The van der Waals surface area contributed by atoms with Gasteiger partial charge in [0.15, 0.2) is 0 Å². The van der Waals surface area contributed by atoms with Gasteiger partial charge in [-0.1, -0.05) is 17.3 Å². The number of hydrogen-bond acceptors (Lipinski definition) is 6. The number of likely N-dealkylation sites (N-methyl/N-ethyl adjacent to an activating group) is 1. The fraction of sp³-hybridized carbons (Fsp3) is 0.423. The van der Waals surface area contributed by atoms with E-state index in [0.29, 0.717) is 30.0 Å². The number of anilines is 1. The molecule has 2 heterocycles. The highest BCUT2D eigenvalue weighted by atomic mass is 19.1. The number of hydrogen-bond donors (Lipinski definition) is 2. The molecule has 1 unspecified atom stereocenters. The van der Waals surface area contributed by atoms with E-state index in [1.54, 1.807) is 32.7 Å². The van der Waals surface area contributed by atoms with Crippen molar-refractivity contribution >= 4 is 70.9 Å². The van der Waals surface area contributed by atoms with Gasteiger partial charge in [0.2, 0.25) is 5.91 Å². The van der Waals surface area contributed by atoms with Crippen LogP contribution >= 0.6 is 0 Å². The van der Waals surface area contributed by atoms with Crippen LogP contribution in [0.2, 0.25) is 10.4 Å². The molecule has 8 nitrogen and oxygen atoms in total. The van der Waals surface area contributed by atoms with Crippen LogP contribution in [0.25, 0.3) is 0 Å². The minimum atomic E-state index is -0.926. The van der Waals surface area contributed by atoms with Crippen molar-refractivity contribution in [2.24, 2.45) is 0 Å². The van der Waals surface area contributed by atoms with Crippen molar-refractivity contribution in [1.29, 1.82) is 0 Å². The van der Waals surface area contributed by atoms with E-state index in [9.17, 15) is 18.8 Å². The van der Waals surface area contributed by atoms with Gasteiger partial charge in [-0.15, -0.1) is 0 Å². The monoisotopic (exact) mass is 554 g/mol. The minimum Gasteiger partial charge on any atom is -0.381 e. The maximum Gasteiger partial charge on any atom is 0.254 e. The molecule has 2 aromatic rings. The number of carbonyl (C=O) groups is 3. The lowest BCUT2D eigenvalue weighted by Gasteiger charge is -2.51. The molecule has 0 radical (unpaired) electrons. The van der Waals surface area contributed by atoms with Crippen LogP contribution in [0.5, 0.6) is 0 Å². The number of benzene rings is 2. The Morgan fingerprint density at radius 2 is 1.85 bits per heavy atom. The lowest BCUT2D eigenvalue weighted by atomic mass is 9.28. The van der Waals surface area contributed by atoms with Gasteiger partial charge < -0.3 is 25.1 Å².